The lowest BCUT2D eigenvalue weighted by atomic mass is 9.99. The number of unbranched alkanes of at least 4 members (excludes halogenated alkanes) is 5. The molecule has 1 aromatic heterocycles. The summed E-state index contributed by atoms with van der Waals surface area (Å²) >= 11 is 1.19. The normalized spacial score (nSPS) is 18.4. The van der Waals surface area contributed by atoms with Gasteiger partial charge < -0.3 is 4.74 Å². The van der Waals surface area contributed by atoms with Gasteiger partial charge in [-0.3, -0.25) is 20.4 Å². The molecular weight excluding hydrogens is 443 g/mol. The maximum Gasteiger partial charge on any atom is 0.416 e. The highest BCUT2D eigenvalue weighted by atomic mass is 32.2. The number of anilines is 1. The zero-order valence-electron chi connectivity index (χ0n) is 18.6. The van der Waals surface area contributed by atoms with E-state index in [0.29, 0.717) is 5.76 Å². The summed E-state index contributed by atoms with van der Waals surface area (Å²) in [5, 5.41) is -0.115. The molecule has 0 aromatic carbocycles. The van der Waals surface area contributed by atoms with Crippen LogP contribution in [-0.4, -0.2) is 27.4 Å². The van der Waals surface area contributed by atoms with Gasteiger partial charge in [-0.15, -0.1) is 0 Å². The molecule has 0 saturated carbocycles. The summed E-state index contributed by atoms with van der Waals surface area (Å²) in [4.78, 5) is 28.0. The van der Waals surface area contributed by atoms with Crippen molar-refractivity contribution in [3.05, 3.63) is 35.2 Å². The number of carbonyl (C=O) groups excluding carboxylic acids is 2. The van der Waals surface area contributed by atoms with E-state index in [0.717, 1.165) is 37.8 Å². The van der Waals surface area contributed by atoms with Crippen molar-refractivity contribution in [2.75, 3.05) is 12.0 Å². The highest BCUT2D eigenvalue weighted by Gasteiger charge is 2.39. The van der Waals surface area contributed by atoms with Crippen molar-refractivity contribution in [3.8, 4) is 0 Å². The van der Waals surface area contributed by atoms with Crippen LogP contribution in [0.2, 0.25) is 0 Å². The number of thioether (sulfide) groups is 1. The largest absolute Gasteiger partial charge is 0.486 e. The first-order valence-corrected chi connectivity index (χ1v) is 11.5. The lowest BCUT2D eigenvalue weighted by molar-refractivity contribution is -0.137. The van der Waals surface area contributed by atoms with Gasteiger partial charge in [-0.05, 0) is 32.4 Å². The molecule has 1 aliphatic rings. The third-order valence-electron chi connectivity index (χ3n) is 5.07. The van der Waals surface area contributed by atoms with Gasteiger partial charge in [0.2, 0.25) is 5.12 Å². The van der Waals surface area contributed by atoms with Gasteiger partial charge in [-0.1, -0.05) is 57.2 Å². The van der Waals surface area contributed by atoms with Crippen LogP contribution < -0.4 is 10.9 Å². The Hall–Kier alpha value is -2.23. The second-order valence-corrected chi connectivity index (χ2v) is 9.53. The van der Waals surface area contributed by atoms with Crippen molar-refractivity contribution in [1.29, 1.82) is 0 Å². The van der Waals surface area contributed by atoms with E-state index in [4.69, 9.17) is 4.74 Å². The van der Waals surface area contributed by atoms with Crippen molar-refractivity contribution in [2.24, 2.45) is 0 Å². The highest BCUT2D eigenvalue weighted by molar-refractivity contribution is 8.15. The second kappa shape index (κ2) is 11.6. The van der Waals surface area contributed by atoms with Crippen LogP contribution in [0.25, 0.3) is 0 Å². The van der Waals surface area contributed by atoms with E-state index in [2.05, 4.69) is 22.8 Å². The van der Waals surface area contributed by atoms with E-state index in [9.17, 15) is 22.8 Å². The van der Waals surface area contributed by atoms with Gasteiger partial charge in [0.05, 0.1) is 10.3 Å². The maximum absolute atomic E-state index is 12.9. The molecule has 1 atom stereocenters. The Morgan fingerprint density at radius 3 is 2.56 bits per heavy atom. The Balaban J connectivity index is 1.84. The predicted molar refractivity (Wildman–Crippen MR) is 119 cm³/mol. The molecule has 2 rings (SSSR count). The molecule has 32 heavy (non-hydrogen) atoms. The van der Waals surface area contributed by atoms with E-state index in [1.807, 2.05) is 6.92 Å². The van der Waals surface area contributed by atoms with Gasteiger partial charge in [-0.2, -0.15) is 13.2 Å². The molecule has 1 amide bonds. The minimum absolute atomic E-state index is 0.115. The molecule has 10 heteroatoms. The zero-order valence-corrected chi connectivity index (χ0v) is 19.4. The number of aryl methyl sites for hydroxylation is 1. The Labute approximate surface area is 190 Å². The summed E-state index contributed by atoms with van der Waals surface area (Å²) in [5.41, 5.74) is 3.95. The Morgan fingerprint density at radius 1 is 1.19 bits per heavy atom. The number of hydrogen-bond acceptors (Lipinski definition) is 6. The van der Waals surface area contributed by atoms with Crippen molar-refractivity contribution in [3.63, 3.8) is 0 Å². The molecule has 6 nitrogen and oxygen atoms in total. The van der Waals surface area contributed by atoms with Crippen LogP contribution in [-0.2, 0) is 20.5 Å². The molecule has 0 aliphatic carbocycles. The second-order valence-electron chi connectivity index (χ2n) is 8.02. The fourth-order valence-corrected chi connectivity index (χ4v) is 4.46. The zero-order chi connectivity index (χ0) is 23.8. The standard InChI is InChI=1S/C22H30F3N3O3S/c1-4-5-6-7-8-9-10-21(3)17(13-20(30)32-21)31-14-19(29)28-27-18-12-16(22(23,24)25)11-15(2)26-18/h11-13H,4-10,14H2,1-3H3,(H,26,27)(H,28,29). The average molecular weight is 474 g/mol. The van der Waals surface area contributed by atoms with E-state index < -0.39 is 22.4 Å². The van der Waals surface area contributed by atoms with Crippen molar-refractivity contribution < 1.29 is 27.5 Å². The number of ether oxygens (including phenoxy) is 1. The summed E-state index contributed by atoms with van der Waals surface area (Å²) in [6.07, 6.45) is 4.43. The molecule has 0 spiro atoms. The third kappa shape index (κ3) is 8.03. The van der Waals surface area contributed by atoms with Crippen LogP contribution in [0, 0.1) is 6.92 Å². The quantitative estimate of drug-likeness (QED) is 0.307. The van der Waals surface area contributed by atoms with Gasteiger partial charge in [0.15, 0.2) is 6.61 Å². The number of carbonyl (C=O) groups is 2. The van der Waals surface area contributed by atoms with E-state index in [1.54, 1.807) is 0 Å². The van der Waals surface area contributed by atoms with Crippen LogP contribution in [0.5, 0.6) is 0 Å². The van der Waals surface area contributed by atoms with Gasteiger partial charge in [-0.25, -0.2) is 4.98 Å². The molecule has 178 valence electrons. The number of pyridine rings is 1. The Morgan fingerprint density at radius 2 is 1.88 bits per heavy atom. The number of hydrazine groups is 1. The SMILES string of the molecule is CCCCCCCCC1(C)SC(=O)C=C1OCC(=O)NNc1cc(C(F)(F)F)cc(C)n1. The molecule has 1 aliphatic heterocycles. The number of hydrogen-bond donors (Lipinski definition) is 2. The highest BCUT2D eigenvalue weighted by Crippen LogP contribution is 2.44. The van der Waals surface area contributed by atoms with Crippen molar-refractivity contribution in [2.45, 2.75) is 76.6 Å². The Kier molecular flexibility index (Phi) is 9.42. The monoisotopic (exact) mass is 473 g/mol. The van der Waals surface area contributed by atoms with E-state index in [-0.39, 0.29) is 23.2 Å². The van der Waals surface area contributed by atoms with Crippen LogP contribution in [0.4, 0.5) is 19.0 Å². The van der Waals surface area contributed by atoms with Gasteiger partial charge in [0.25, 0.3) is 5.91 Å². The summed E-state index contributed by atoms with van der Waals surface area (Å²) in [6.45, 7) is 5.14. The van der Waals surface area contributed by atoms with Crippen LogP contribution in [0.15, 0.2) is 24.0 Å². The number of nitrogens with one attached hydrogen (secondary N) is 2. The lowest BCUT2D eigenvalue weighted by Gasteiger charge is -2.26. The van der Waals surface area contributed by atoms with Gasteiger partial charge >= 0.3 is 6.18 Å². The molecule has 0 bridgehead atoms. The maximum atomic E-state index is 12.9. The number of amides is 1. The first-order valence-electron chi connectivity index (χ1n) is 10.7. The summed E-state index contributed by atoms with van der Waals surface area (Å²) < 4.78 is 43.8. The molecular formula is C22H30F3N3O3S. The molecule has 0 fully saturated rings. The molecule has 0 saturated heterocycles. The van der Waals surface area contributed by atoms with E-state index in [1.165, 1.54) is 44.0 Å². The number of nitrogens with zero attached hydrogens (tertiary/aromatic N) is 1. The fourth-order valence-electron chi connectivity index (χ4n) is 3.38. The number of rotatable bonds is 12. The summed E-state index contributed by atoms with van der Waals surface area (Å²) in [7, 11) is 0. The average Bonchev–Trinajstić information content (AvgIpc) is 2.99. The fraction of sp³-hybridized carbons (Fsp3) is 0.591. The minimum atomic E-state index is -4.52. The molecule has 0 radical (unpaired) electrons. The first kappa shape index (κ1) is 26.0. The minimum Gasteiger partial charge on any atom is -0.486 e. The molecule has 1 unspecified atom stereocenters. The first-order chi connectivity index (χ1) is 15.0. The van der Waals surface area contributed by atoms with E-state index >= 15 is 0 Å². The number of alkyl halides is 3. The molecule has 1 aromatic rings. The van der Waals surface area contributed by atoms with Crippen LogP contribution in [0.1, 0.15) is 70.1 Å². The van der Waals surface area contributed by atoms with Crippen molar-refractivity contribution >= 4 is 28.6 Å². The smallest absolute Gasteiger partial charge is 0.416 e. The summed E-state index contributed by atoms with van der Waals surface area (Å²) in [5.74, 6) is -0.289. The number of halogens is 3. The topological polar surface area (TPSA) is 80.3 Å². The lowest BCUT2D eigenvalue weighted by Crippen LogP contribution is -2.34. The predicted octanol–water partition coefficient (Wildman–Crippen LogP) is 5.54. The number of aromatic nitrogens is 1. The molecule has 2 heterocycles. The van der Waals surface area contributed by atoms with Crippen LogP contribution >= 0.6 is 11.8 Å². The van der Waals surface area contributed by atoms with Crippen molar-refractivity contribution in [1.82, 2.24) is 10.4 Å². The third-order valence-corrected chi connectivity index (χ3v) is 6.25. The van der Waals surface area contributed by atoms with Crippen LogP contribution in [0.3, 0.4) is 0 Å². The van der Waals surface area contributed by atoms with Gasteiger partial charge in [0, 0.05) is 11.8 Å². The summed E-state index contributed by atoms with van der Waals surface area (Å²) in [6, 6.07) is 1.72. The molecule has 2 N–H and O–H groups in total. The van der Waals surface area contributed by atoms with Gasteiger partial charge in [0.1, 0.15) is 11.6 Å². The Bertz CT molecular complexity index is 845.